The van der Waals surface area contributed by atoms with E-state index in [1.165, 1.54) is 6.07 Å². The predicted molar refractivity (Wildman–Crippen MR) is 66.3 cm³/mol. The van der Waals surface area contributed by atoms with E-state index in [1.807, 2.05) is 0 Å². The van der Waals surface area contributed by atoms with Crippen molar-refractivity contribution in [3.05, 3.63) is 17.5 Å². The molecular weight excluding hydrogens is 282 g/mol. The number of nitrogens with one attached hydrogen (secondary N) is 1. The van der Waals surface area contributed by atoms with Crippen molar-refractivity contribution >= 4 is 31.2 Å². The van der Waals surface area contributed by atoms with Gasteiger partial charge in [0.05, 0.1) is 11.5 Å². The molecule has 0 aliphatic carbocycles. The molecule has 1 aliphatic heterocycles. The highest BCUT2D eigenvalue weighted by Gasteiger charge is 2.41. The maximum atomic E-state index is 12.0. The lowest BCUT2D eigenvalue weighted by Gasteiger charge is -2.22. The predicted octanol–water partition coefficient (Wildman–Crippen LogP) is 0.604. The van der Waals surface area contributed by atoms with Crippen LogP contribution in [0.3, 0.4) is 0 Å². The molecule has 0 spiro atoms. The van der Waals surface area contributed by atoms with Gasteiger partial charge < -0.3 is 0 Å². The highest BCUT2D eigenvalue weighted by Crippen LogP contribution is 2.26. The number of sulfone groups is 1. The highest BCUT2D eigenvalue weighted by molar-refractivity contribution is 7.92. The fourth-order valence-electron chi connectivity index (χ4n) is 1.88. The van der Waals surface area contributed by atoms with Crippen molar-refractivity contribution in [2.75, 3.05) is 11.5 Å². The first kappa shape index (κ1) is 13.0. The average Bonchev–Trinajstić information content (AvgIpc) is 2.72. The molecule has 1 atom stereocenters. The van der Waals surface area contributed by atoms with Gasteiger partial charge in [0.1, 0.15) is 4.21 Å². The summed E-state index contributed by atoms with van der Waals surface area (Å²) in [5, 5.41) is 1.67. The van der Waals surface area contributed by atoms with Crippen LogP contribution in [-0.4, -0.2) is 33.9 Å². The van der Waals surface area contributed by atoms with Gasteiger partial charge >= 0.3 is 0 Å². The summed E-state index contributed by atoms with van der Waals surface area (Å²) in [5.74, 6) is -0.0962. The molecule has 8 heteroatoms. The molecule has 0 radical (unpaired) electrons. The second-order valence-corrected chi connectivity index (χ2v) is 9.48. The van der Waals surface area contributed by atoms with Crippen LogP contribution in [0.5, 0.6) is 0 Å². The van der Waals surface area contributed by atoms with Gasteiger partial charge in [-0.25, -0.2) is 21.6 Å². The fraction of sp³-hybridized carbons (Fsp3) is 0.556. The minimum Gasteiger partial charge on any atom is -0.229 e. The molecule has 1 fully saturated rings. The van der Waals surface area contributed by atoms with Crippen LogP contribution in [0.25, 0.3) is 0 Å². The molecule has 2 rings (SSSR count). The molecular formula is C9H13NO4S3. The van der Waals surface area contributed by atoms with E-state index in [-0.39, 0.29) is 15.7 Å². The third-order valence-corrected chi connectivity index (χ3v) is 7.58. The van der Waals surface area contributed by atoms with E-state index in [0.29, 0.717) is 6.42 Å². The Balaban J connectivity index is 2.23. The second kappa shape index (κ2) is 4.04. The van der Waals surface area contributed by atoms with E-state index >= 15 is 0 Å². The molecule has 0 saturated carbocycles. The number of rotatable bonds is 3. The van der Waals surface area contributed by atoms with E-state index in [9.17, 15) is 16.8 Å². The van der Waals surface area contributed by atoms with Crippen LogP contribution in [0.1, 0.15) is 13.3 Å². The zero-order valence-corrected chi connectivity index (χ0v) is 11.7. The number of sulfonamides is 1. The molecule has 17 heavy (non-hydrogen) atoms. The number of hydrogen-bond acceptors (Lipinski definition) is 5. The summed E-state index contributed by atoms with van der Waals surface area (Å²) < 4.78 is 49.4. The summed E-state index contributed by atoms with van der Waals surface area (Å²) in [6, 6.07) is 3.15. The average molecular weight is 295 g/mol. The van der Waals surface area contributed by atoms with Crippen molar-refractivity contribution in [1.29, 1.82) is 0 Å². The molecule has 1 aromatic rings. The standard InChI is InChI=1S/C9H13NO4S3/c1-9(4-6-16(11,12)7-9)10-17(13,14)8-3-2-5-15-8/h2-3,5,10H,4,6-7H2,1H3/t9-/m0/s1. The number of hydrogen-bond donors (Lipinski definition) is 1. The summed E-state index contributed by atoms with van der Waals surface area (Å²) in [6.45, 7) is 1.63. The largest absolute Gasteiger partial charge is 0.250 e. The molecule has 5 nitrogen and oxygen atoms in total. The van der Waals surface area contributed by atoms with Crippen molar-refractivity contribution in [1.82, 2.24) is 4.72 Å². The van der Waals surface area contributed by atoms with Gasteiger partial charge in [-0.05, 0) is 24.8 Å². The summed E-state index contributed by atoms with van der Waals surface area (Å²) >= 11 is 1.11. The second-order valence-electron chi connectivity index (χ2n) is 4.44. The highest BCUT2D eigenvalue weighted by atomic mass is 32.2. The molecule has 1 saturated heterocycles. The van der Waals surface area contributed by atoms with Crippen molar-refractivity contribution in [3.63, 3.8) is 0 Å². The van der Waals surface area contributed by atoms with Crippen LogP contribution in [0, 0.1) is 0 Å². The van der Waals surface area contributed by atoms with Crippen molar-refractivity contribution in [3.8, 4) is 0 Å². The molecule has 0 bridgehead atoms. The van der Waals surface area contributed by atoms with Crippen molar-refractivity contribution in [2.24, 2.45) is 0 Å². The Labute approximate surface area is 105 Å². The zero-order valence-electron chi connectivity index (χ0n) is 9.21. The third-order valence-electron chi connectivity index (χ3n) is 2.64. The summed E-state index contributed by atoms with van der Waals surface area (Å²) in [4.78, 5) is 0. The minimum absolute atomic E-state index is 0.0382. The summed E-state index contributed by atoms with van der Waals surface area (Å²) in [7, 11) is -6.72. The van der Waals surface area contributed by atoms with Gasteiger partial charge in [0.2, 0.25) is 0 Å². The van der Waals surface area contributed by atoms with Gasteiger partial charge in [-0.15, -0.1) is 11.3 Å². The maximum Gasteiger partial charge on any atom is 0.250 e. The molecule has 0 unspecified atom stereocenters. The van der Waals surface area contributed by atoms with Crippen molar-refractivity contribution in [2.45, 2.75) is 23.1 Å². The monoisotopic (exact) mass is 295 g/mol. The van der Waals surface area contributed by atoms with E-state index in [4.69, 9.17) is 0 Å². The minimum atomic E-state index is -3.60. The lowest BCUT2D eigenvalue weighted by molar-refractivity contribution is 0.462. The third kappa shape index (κ3) is 2.87. The van der Waals surface area contributed by atoms with Gasteiger partial charge in [-0.1, -0.05) is 6.07 Å². The van der Waals surface area contributed by atoms with Crippen LogP contribution in [0.2, 0.25) is 0 Å². The van der Waals surface area contributed by atoms with Gasteiger partial charge in [0.15, 0.2) is 9.84 Å². The Kier molecular flexibility index (Phi) is 3.09. The van der Waals surface area contributed by atoms with E-state index < -0.39 is 25.4 Å². The summed E-state index contributed by atoms with van der Waals surface area (Å²) in [6.07, 6.45) is 0.319. The Morgan fingerprint density at radius 2 is 2.18 bits per heavy atom. The first-order valence-electron chi connectivity index (χ1n) is 5.00. The summed E-state index contributed by atoms with van der Waals surface area (Å²) in [5.41, 5.74) is -0.887. The zero-order chi connectivity index (χ0) is 12.7. The van der Waals surface area contributed by atoms with Gasteiger partial charge in [-0.2, -0.15) is 0 Å². The topological polar surface area (TPSA) is 80.3 Å². The Bertz CT molecular complexity index is 603. The SMILES string of the molecule is C[C@]1(NS(=O)(=O)c2cccs2)CCS(=O)(=O)C1. The van der Waals surface area contributed by atoms with Crippen LogP contribution in [0.15, 0.2) is 21.7 Å². The number of thiophene rings is 1. The van der Waals surface area contributed by atoms with Gasteiger partial charge in [-0.3, -0.25) is 0 Å². The van der Waals surface area contributed by atoms with Crippen LogP contribution >= 0.6 is 11.3 Å². The van der Waals surface area contributed by atoms with Gasteiger partial charge in [0.25, 0.3) is 10.0 Å². The lowest BCUT2D eigenvalue weighted by Crippen LogP contribution is -2.46. The molecule has 0 aromatic carbocycles. The quantitative estimate of drug-likeness (QED) is 0.885. The molecule has 0 amide bonds. The molecule has 2 heterocycles. The molecule has 96 valence electrons. The lowest BCUT2D eigenvalue weighted by atomic mass is 10.0. The van der Waals surface area contributed by atoms with E-state index in [2.05, 4.69) is 4.72 Å². The van der Waals surface area contributed by atoms with Crippen LogP contribution < -0.4 is 4.72 Å². The first-order chi connectivity index (χ1) is 7.73. The van der Waals surface area contributed by atoms with E-state index in [0.717, 1.165) is 11.3 Å². The molecule has 1 N–H and O–H groups in total. The fourth-order valence-corrected chi connectivity index (χ4v) is 6.49. The Hall–Kier alpha value is -0.440. The van der Waals surface area contributed by atoms with Gasteiger partial charge in [0, 0.05) is 5.54 Å². The van der Waals surface area contributed by atoms with Crippen LogP contribution in [0.4, 0.5) is 0 Å². The molecule has 1 aromatic heterocycles. The van der Waals surface area contributed by atoms with Crippen LogP contribution in [-0.2, 0) is 19.9 Å². The molecule has 1 aliphatic rings. The van der Waals surface area contributed by atoms with Crippen molar-refractivity contribution < 1.29 is 16.8 Å². The smallest absolute Gasteiger partial charge is 0.229 e. The maximum absolute atomic E-state index is 12.0. The Morgan fingerprint density at radius 1 is 1.47 bits per heavy atom. The normalized spacial score (nSPS) is 28.3. The Morgan fingerprint density at radius 3 is 2.65 bits per heavy atom. The van der Waals surface area contributed by atoms with E-state index in [1.54, 1.807) is 18.4 Å². The first-order valence-corrected chi connectivity index (χ1v) is 9.19.